The summed E-state index contributed by atoms with van der Waals surface area (Å²) in [6, 6.07) is 9.91. The van der Waals surface area contributed by atoms with E-state index >= 15 is 0 Å². The van der Waals surface area contributed by atoms with Crippen molar-refractivity contribution in [3.05, 3.63) is 52.8 Å². The Kier molecular flexibility index (Phi) is 6.87. The third-order valence-corrected chi connectivity index (χ3v) is 5.95. The largest absolute Gasteiger partial charge is 0.351 e. The lowest BCUT2D eigenvalue weighted by molar-refractivity contribution is -0.117. The molecule has 1 aliphatic heterocycles. The predicted molar refractivity (Wildman–Crippen MR) is 117 cm³/mol. The molecule has 2 aromatic rings. The van der Waals surface area contributed by atoms with Crippen LogP contribution in [0.15, 0.2) is 30.3 Å². The number of hydrogen-bond donors (Lipinski definition) is 1. The van der Waals surface area contributed by atoms with E-state index < -0.39 is 0 Å². The van der Waals surface area contributed by atoms with Crippen molar-refractivity contribution in [1.29, 1.82) is 0 Å². The Morgan fingerprint density at radius 1 is 1.00 bits per heavy atom. The van der Waals surface area contributed by atoms with E-state index in [1.807, 2.05) is 51.2 Å². The molecule has 1 aromatic carbocycles. The van der Waals surface area contributed by atoms with E-state index in [1.54, 1.807) is 0 Å². The maximum atomic E-state index is 12.7. The standard InChI is InChI=1S/C23H32N4O2/c1-5-19-8-6-7-9-21(19)24-23(29)16-27-12-10-26(11-13-27)15-22(28)20-14-17(2)25(4)18(20)3/h6-9,14H,5,10-13,15-16H2,1-4H3,(H,24,29). The predicted octanol–water partition coefficient (Wildman–Crippen LogP) is 2.64. The summed E-state index contributed by atoms with van der Waals surface area (Å²) in [6.45, 7) is 10.1. The Labute approximate surface area is 173 Å². The number of aromatic nitrogens is 1. The molecular formula is C23H32N4O2. The molecule has 29 heavy (non-hydrogen) atoms. The van der Waals surface area contributed by atoms with E-state index in [0.717, 1.165) is 60.8 Å². The average molecular weight is 397 g/mol. The molecule has 0 aliphatic carbocycles. The van der Waals surface area contributed by atoms with Gasteiger partial charge in [0.05, 0.1) is 13.1 Å². The zero-order valence-electron chi connectivity index (χ0n) is 18.0. The Bertz CT molecular complexity index is 879. The molecule has 2 heterocycles. The minimum atomic E-state index is 0.0193. The molecule has 6 nitrogen and oxygen atoms in total. The number of amides is 1. The van der Waals surface area contributed by atoms with Crippen LogP contribution in [0.25, 0.3) is 0 Å². The van der Waals surface area contributed by atoms with Gasteiger partial charge in [0.1, 0.15) is 0 Å². The second-order valence-corrected chi connectivity index (χ2v) is 7.88. The second-order valence-electron chi connectivity index (χ2n) is 7.88. The van der Waals surface area contributed by atoms with Crippen molar-refractivity contribution in [2.45, 2.75) is 27.2 Å². The molecule has 1 saturated heterocycles. The van der Waals surface area contributed by atoms with Crippen LogP contribution in [0.5, 0.6) is 0 Å². The van der Waals surface area contributed by atoms with Crippen LogP contribution in [0, 0.1) is 13.8 Å². The van der Waals surface area contributed by atoms with Crippen molar-refractivity contribution in [2.24, 2.45) is 7.05 Å². The van der Waals surface area contributed by atoms with Crippen molar-refractivity contribution in [3.8, 4) is 0 Å². The van der Waals surface area contributed by atoms with Gasteiger partial charge < -0.3 is 9.88 Å². The summed E-state index contributed by atoms with van der Waals surface area (Å²) in [4.78, 5) is 29.5. The SMILES string of the molecule is CCc1ccccc1NC(=O)CN1CCN(CC(=O)c2cc(C)n(C)c2C)CC1. The first-order chi connectivity index (χ1) is 13.9. The van der Waals surface area contributed by atoms with E-state index in [2.05, 4.69) is 26.6 Å². The van der Waals surface area contributed by atoms with Crippen LogP contribution in [0.3, 0.4) is 0 Å². The number of aryl methyl sites for hydroxylation is 2. The summed E-state index contributed by atoms with van der Waals surface area (Å²) in [5.74, 6) is 0.194. The van der Waals surface area contributed by atoms with Gasteiger partial charge in [-0.1, -0.05) is 25.1 Å². The number of hydrogen-bond acceptors (Lipinski definition) is 4. The monoisotopic (exact) mass is 396 g/mol. The Balaban J connectivity index is 1.47. The number of carbonyl (C=O) groups is 2. The number of Topliss-reactive ketones (excluding diaryl/α,β-unsaturated/α-hetero) is 1. The number of rotatable bonds is 7. The highest BCUT2D eigenvalue weighted by Gasteiger charge is 2.22. The molecule has 1 fully saturated rings. The topological polar surface area (TPSA) is 57.6 Å². The molecule has 6 heteroatoms. The van der Waals surface area contributed by atoms with Crippen LogP contribution in [-0.2, 0) is 18.3 Å². The minimum absolute atomic E-state index is 0.0193. The van der Waals surface area contributed by atoms with Crippen LogP contribution in [0.4, 0.5) is 5.69 Å². The lowest BCUT2D eigenvalue weighted by atomic mass is 10.1. The van der Waals surface area contributed by atoms with E-state index in [1.165, 1.54) is 0 Å². The smallest absolute Gasteiger partial charge is 0.238 e. The summed E-state index contributed by atoms with van der Waals surface area (Å²) in [5.41, 5.74) is 5.00. The number of para-hydroxylation sites is 1. The number of piperazine rings is 1. The molecule has 0 unspecified atom stereocenters. The minimum Gasteiger partial charge on any atom is -0.351 e. The van der Waals surface area contributed by atoms with Crippen LogP contribution in [0.1, 0.15) is 34.2 Å². The van der Waals surface area contributed by atoms with Gasteiger partial charge in [0.25, 0.3) is 0 Å². The number of ketones is 1. The zero-order chi connectivity index (χ0) is 21.0. The van der Waals surface area contributed by atoms with Gasteiger partial charge in [-0.25, -0.2) is 0 Å². The highest BCUT2D eigenvalue weighted by atomic mass is 16.2. The van der Waals surface area contributed by atoms with Crippen molar-refractivity contribution in [2.75, 3.05) is 44.6 Å². The van der Waals surface area contributed by atoms with Gasteiger partial charge in [-0.05, 0) is 38.0 Å². The lowest BCUT2D eigenvalue weighted by Crippen LogP contribution is -2.49. The van der Waals surface area contributed by atoms with Crippen molar-refractivity contribution >= 4 is 17.4 Å². The summed E-state index contributed by atoms with van der Waals surface area (Å²) in [6.07, 6.45) is 0.892. The van der Waals surface area contributed by atoms with Crippen LogP contribution in [-0.4, -0.2) is 65.3 Å². The highest BCUT2D eigenvalue weighted by molar-refractivity contribution is 5.99. The van der Waals surface area contributed by atoms with Gasteiger partial charge in [-0.2, -0.15) is 0 Å². The first-order valence-corrected chi connectivity index (χ1v) is 10.4. The first kappa shape index (κ1) is 21.3. The molecule has 0 radical (unpaired) electrons. The molecule has 1 aromatic heterocycles. The highest BCUT2D eigenvalue weighted by Crippen LogP contribution is 2.16. The third-order valence-electron chi connectivity index (χ3n) is 5.95. The van der Waals surface area contributed by atoms with Crippen LogP contribution >= 0.6 is 0 Å². The van der Waals surface area contributed by atoms with Crippen LogP contribution < -0.4 is 5.32 Å². The molecule has 156 valence electrons. The molecule has 0 bridgehead atoms. The van der Waals surface area contributed by atoms with E-state index in [4.69, 9.17) is 0 Å². The number of nitrogens with one attached hydrogen (secondary N) is 1. The maximum Gasteiger partial charge on any atom is 0.238 e. The normalized spacial score (nSPS) is 15.4. The number of benzene rings is 1. The fraction of sp³-hybridized carbons (Fsp3) is 0.478. The molecule has 0 atom stereocenters. The van der Waals surface area contributed by atoms with E-state index in [9.17, 15) is 9.59 Å². The quantitative estimate of drug-likeness (QED) is 0.731. The molecule has 0 spiro atoms. The fourth-order valence-electron chi connectivity index (χ4n) is 3.87. The van der Waals surface area contributed by atoms with Gasteiger partial charge in [-0.3, -0.25) is 19.4 Å². The molecule has 1 N–H and O–H groups in total. The van der Waals surface area contributed by atoms with Crippen molar-refractivity contribution in [3.63, 3.8) is 0 Å². The second kappa shape index (κ2) is 9.37. The van der Waals surface area contributed by atoms with Crippen molar-refractivity contribution in [1.82, 2.24) is 14.4 Å². The Morgan fingerprint density at radius 3 is 2.21 bits per heavy atom. The number of carbonyl (C=O) groups excluding carboxylic acids is 2. The summed E-state index contributed by atoms with van der Waals surface area (Å²) in [7, 11) is 1.99. The van der Waals surface area contributed by atoms with Gasteiger partial charge in [-0.15, -0.1) is 0 Å². The van der Waals surface area contributed by atoms with Crippen LogP contribution in [0.2, 0.25) is 0 Å². The fourth-order valence-corrected chi connectivity index (χ4v) is 3.87. The van der Waals surface area contributed by atoms with Crippen molar-refractivity contribution < 1.29 is 9.59 Å². The lowest BCUT2D eigenvalue weighted by Gasteiger charge is -2.33. The molecule has 0 saturated carbocycles. The first-order valence-electron chi connectivity index (χ1n) is 10.4. The zero-order valence-corrected chi connectivity index (χ0v) is 18.0. The van der Waals surface area contributed by atoms with Gasteiger partial charge in [0.2, 0.25) is 5.91 Å². The summed E-state index contributed by atoms with van der Waals surface area (Å²) < 4.78 is 2.06. The number of nitrogens with zero attached hydrogens (tertiary/aromatic N) is 3. The summed E-state index contributed by atoms with van der Waals surface area (Å²) in [5, 5.41) is 3.04. The maximum absolute atomic E-state index is 12.7. The average Bonchev–Trinajstić information content (AvgIpc) is 2.97. The van der Waals surface area contributed by atoms with E-state index in [-0.39, 0.29) is 11.7 Å². The number of anilines is 1. The third kappa shape index (κ3) is 5.14. The van der Waals surface area contributed by atoms with Gasteiger partial charge >= 0.3 is 0 Å². The Hall–Kier alpha value is -2.44. The molecule has 1 amide bonds. The van der Waals surface area contributed by atoms with Gasteiger partial charge in [0.15, 0.2) is 5.78 Å². The molecule has 3 rings (SSSR count). The Morgan fingerprint density at radius 2 is 1.62 bits per heavy atom. The van der Waals surface area contributed by atoms with Gasteiger partial charge in [0, 0.05) is 55.9 Å². The van der Waals surface area contributed by atoms with E-state index in [0.29, 0.717) is 13.1 Å². The molecular weight excluding hydrogens is 364 g/mol. The molecule has 1 aliphatic rings. The summed E-state index contributed by atoms with van der Waals surface area (Å²) >= 11 is 0.